The average molecular weight is 217 g/mol. The zero-order valence-electron chi connectivity index (χ0n) is 9.12. The monoisotopic (exact) mass is 217 g/mol. The fourth-order valence-electron chi connectivity index (χ4n) is 1.30. The van der Waals surface area contributed by atoms with E-state index in [9.17, 15) is 0 Å². The van der Waals surface area contributed by atoms with Crippen LogP contribution in [0.2, 0.25) is 0 Å². The largest absolute Gasteiger partial charge is 0.376 e. The molecule has 0 saturated carbocycles. The Labute approximate surface area is 95.2 Å². The highest BCUT2D eigenvalue weighted by Crippen LogP contribution is 2.04. The molecule has 84 valence electrons. The molecule has 1 aromatic carbocycles. The lowest BCUT2D eigenvalue weighted by Gasteiger charge is -2.09. The van der Waals surface area contributed by atoms with Crippen LogP contribution in [0.4, 0.5) is 0 Å². The minimum atomic E-state index is -0.161. The maximum Gasteiger partial charge on any atom is 0.0717 e. The summed E-state index contributed by atoms with van der Waals surface area (Å²) in [6.07, 6.45) is 2.37. The van der Waals surface area contributed by atoms with E-state index in [-0.39, 0.29) is 6.04 Å². The summed E-state index contributed by atoms with van der Waals surface area (Å²) in [5.41, 5.74) is 9.46. The molecule has 0 aromatic heterocycles. The standard InChI is InChI=1S/C12H15N3O/c1-2-6-12(14-15-13)10-16-9-11-7-4-3-5-8-11/h2-5,7-8,12H,1,6,9-10H2/t12-/m1/s1. The second kappa shape index (κ2) is 7.51. The second-order valence-corrected chi connectivity index (χ2v) is 3.38. The van der Waals surface area contributed by atoms with Crippen molar-refractivity contribution in [1.29, 1.82) is 0 Å². The molecular weight excluding hydrogens is 202 g/mol. The van der Waals surface area contributed by atoms with Crippen LogP contribution >= 0.6 is 0 Å². The third-order valence-electron chi connectivity index (χ3n) is 2.08. The number of hydrogen-bond donors (Lipinski definition) is 0. The van der Waals surface area contributed by atoms with Gasteiger partial charge >= 0.3 is 0 Å². The van der Waals surface area contributed by atoms with E-state index in [0.717, 1.165) is 5.56 Å². The first-order valence-electron chi connectivity index (χ1n) is 5.13. The molecular formula is C12H15N3O. The molecule has 0 spiro atoms. The first-order chi connectivity index (χ1) is 7.86. The molecule has 0 fully saturated rings. The van der Waals surface area contributed by atoms with E-state index < -0.39 is 0 Å². The molecule has 0 radical (unpaired) electrons. The van der Waals surface area contributed by atoms with Crippen LogP contribution in [0.5, 0.6) is 0 Å². The number of hydrogen-bond acceptors (Lipinski definition) is 2. The molecule has 4 nitrogen and oxygen atoms in total. The topological polar surface area (TPSA) is 58.0 Å². The van der Waals surface area contributed by atoms with Gasteiger partial charge in [-0.3, -0.25) is 0 Å². The SMILES string of the molecule is C=CC[C@H](COCc1ccccc1)N=[N+]=[N-]. The van der Waals surface area contributed by atoms with Crippen molar-refractivity contribution in [1.82, 2.24) is 0 Å². The molecule has 4 heteroatoms. The van der Waals surface area contributed by atoms with Gasteiger partial charge in [0.25, 0.3) is 0 Å². The number of benzene rings is 1. The molecule has 0 aliphatic carbocycles. The summed E-state index contributed by atoms with van der Waals surface area (Å²) in [6.45, 7) is 4.57. The van der Waals surface area contributed by atoms with Gasteiger partial charge in [-0.2, -0.15) is 0 Å². The summed E-state index contributed by atoms with van der Waals surface area (Å²) in [6, 6.07) is 9.72. The van der Waals surface area contributed by atoms with Crippen LogP contribution in [0, 0.1) is 0 Å². The molecule has 0 aliphatic heterocycles. The van der Waals surface area contributed by atoms with Crippen LogP contribution in [0.15, 0.2) is 48.1 Å². The van der Waals surface area contributed by atoms with Crippen molar-refractivity contribution in [2.24, 2.45) is 5.11 Å². The Morgan fingerprint density at radius 3 is 2.81 bits per heavy atom. The van der Waals surface area contributed by atoms with E-state index in [1.165, 1.54) is 0 Å². The molecule has 0 unspecified atom stereocenters. The van der Waals surface area contributed by atoms with Crippen LogP contribution < -0.4 is 0 Å². The third-order valence-corrected chi connectivity index (χ3v) is 2.08. The Balaban J connectivity index is 2.33. The summed E-state index contributed by atoms with van der Waals surface area (Å²) >= 11 is 0. The quantitative estimate of drug-likeness (QED) is 0.298. The molecule has 0 N–H and O–H groups in total. The molecule has 0 heterocycles. The fraction of sp³-hybridized carbons (Fsp3) is 0.333. The highest BCUT2D eigenvalue weighted by Gasteiger charge is 2.03. The van der Waals surface area contributed by atoms with Crippen LogP contribution in [-0.4, -0.2) is 12.6 Å². The summed E-state index contributed by atoms with van der Waals surface area (Å²) < 4.78 is 5.47. The van der Waals surface area contributed by atoms with Crippen molar-refractivity contribution >= 4 is 0 Å². The van der Waals surface area contributed by atoms with E-state index in [2.05, 4.69) is 16.6 Å². The second-order valence-electron chi connectivity index (χ2n) is 3.38. The summed E-state index contributed by atoms with van der Waals surface area (Å²) in [7, 11) is 0. The van der Waals surface area contributed by atoms with Crippen LogP contribution in [-0.2, 0) is 11.3 Å². The molecule has 16 heavy (non-hydrogen) atoms. The van der Waals surface area contributed by atoms with Crippen molar-refractivity contribution < 1.29 is 4.74 Å². The minimum Gasteiger partial charge on any atom is -0.376 e. The Kier molecular flexibility index (Phi) is 5.78. The van der Waals surface area contributed by atoms with Gasteiger partial charge in [0.05, 0.1) is 19.3 Å². The van der Waals surface area contributed by atoms with Crippen LogP contribution in [0.3, 0.4) is 0 Å². The Morgan fingerprint density at radius 2 is 2.19 bits per heavy atom. The van der Waals surface area contributed by atoms with Gasteiger partial charge in [-0.1, -0.05) is 41.5 Å². The maximum atomic E-state index is 8.35. The zero-order valence-corrected chi connectivity index (χ0v) is 9.12. The third kappa shape index (κ3) is 4.64. The molecule has 1 atom stereocenters. The van der Waals surface area contributed by atoms with Gasteiger partial charge in [-0.05, 0) is 17.5 Å². The lowest BCUT2D eigenvalue weighted by Crippen LogP contribution is -2.11. The molecule has 0 aliphatic rings. The van der Waals surface area contributed by atoms with Gasteiger partial charge in [0, 0.05) is 4.91 Å². The molecule has 0 bridgehead atoms. The molecule has 1 rings (SSSR count). The van der Waals surface area contributed by atoms with E-state index >= 15 is 0 Å². The van der Waals surface area contributed by atoms with Gasteiger partial charge < -0.3 is 4.74 Å². The number of ether oxygens (including phenoxy) is 1. The van der Waals surface area contributed by atoms with E-state index in [0.29, 0.717) is 19.6 Å². The highest BCUT2D eigenvalue weighted by molar-refractivity contribution is 5.13. The summed E-state index contributed by atoms with van der Waals surface area (Å²) in [5.74, 6) is 0. The van der Waals surface area contributed by atoms with Gasteiger partial charge in [0.15, 0.2) is 0 Å². The Hall–Kier alpha value is -1.77. The van der Waals surface area contributed by atoms with Crippen molar-refractivity contribution in [2.75, 3.05) is 6.61 Å². The number of rotatable bonds is 7. The van der Waals surface area contributed by atoms with E-state index in [1.807, 2.05) is 30.3 Å². The normalized spacial score (nSPS) is 11.5. The van der Waals surface area contributed by atoms with Gasteiger partial charge in [0.1, 0.15) is 0 Å². The molecule has 1 aromatic rings. The van der Waals surface area contributed by atoms with Crippen LogP contribution in [0.25, 0.3) is 10.4 Å². The smallest absolute Gasteiger partial charge is 0.0717 e. The average Bonchev–Trinajstić information content (AvgIpc) is 2.31. The van der Waals surface area contributed by atoms with Crippen LogP contribution in [0.1, 0.15) is 12.0 Å². The first kappa shape index (κ1) is 12.3. The Morgan fingerprint density at radius 1 is 1.44 bits per heavy atom. The van der Waals surface area contributed by atoms with Crippen molar-refractivity contribution in [3.63, 3.8) is 0 Å². The number of nitrogens with zero attached hydrogens (tertiary/aromatic N) is 3. The molecule has 0 saturated heterocycles. The maximum absolute atomic E-state index is 8.35. The highest BCUT2D eigenvalue weighted by atomic mass is 16.5. The van der Waals surface area contributed by atoms with Crippen molar-refractivity contribution in [3.8, 4) is 0 Å². The molecule has 0 amide bonds. The summed E-state index contributed by atoms with van der Waals surface area (Å²) in [5, 5.41) is 3.63. The zero-order chi connectivity index (χ0) is 11.6. The first-order valence-corrected chi connectivity index (χ1v) is 5.13. The van der Waals surface area contributed by atoms with Crippen molar-refractivity contribution in [3.05, 3.63) is 59.0 Å². The lowest BCUT2D eigenvalue weighted by atomic mass is 10.2. The lowest BCUT2D eigenvalue weighted by molar-refractivity contribution is 0.108. The predicted octanol–water partition coefficient (Wildman–Crippen LogP) is 3.46. The van der Waals surface area contributed by atoms with Gasteiger partial charge in [-0.25, -0.2) is 0 Å². The van der Waals surface area contributed by atoms with Gasteiger partial charge in [0.2, 0.25) is 0 Å². The van der Waals surface area contributed by atoms with E-state index in [4.69, 9.17) is 10.3 Å². The van der Waals surface area contributed by atoms with E-state index in [1.54, 1.807) is 6.08 Å². The minimum absolute atomic E-state index is 0.161. The summed E-state index contributed by atoms with van der Waals surface area (Å²) in [4.78, 5) is 2.78. The van der Waals surface area contributed by atoms with Crippen molar-refractivity contribution in [2.45, 2.75) is 19.1 Å². The van der Waals surface area contributed by atoms with Gasteiger partial charge in [-0.15, -0.1) is 6.58 Å². The Bertz CT molecular complexity index is 358. The number of azide groups is 1. The fourth-order valence-corrected chi connectivity index (χ4v) is 1.30. The predicted molar refractivity (Wildman–Crippen MR) is 63.8 cm³/mol.